The summed E-state index contributed by atoms with van der Waals surface area (Å²) in [4.78, 5) is 2.59. The highest BCUT2D eigenvalue weighted by molar-refractivity contribution is 5.86. The highest BCUT2D eigenvalue weighted by Crippen LogP contribution is 2.31. The standard InChI is InChI=1S/C17H25N3/c1-13(12-20-10-8-18-9-11-20)17-14(2)19(3)16-7-5-4-6-15(16)17/h4-7,13,18H,8-12H2,1-3H3. The second-order valence-corrected chi connectivity index (χ2v) is 6.03. The van der Waals surface area contributed by atoms with Crippen molar-refractivity contribution in [2.45, 2.75) is 19.8 Å². The lowest BCUT2D eigenvalue weighted by Crippen LogP contribution is -2.44. The monoisotopic (exact) mass is 271 g/mol. The van der Waals surface area contributed by atoms with Gasteiger partial charge < -0.3 is 14.8 Å². The molecule has 1 aliphatic heterocycles. The van der Waals surface area contributed by atoms with Crippen LogP contribution in [0.3, 0.4) is 0 Å². The number of hydrogen-bond acceptors (Lipinski definition) is 2. The van der Waals surface area contributed by atoms with Gasteiger partial charge in [0.15, 0.2) is 0 Å². The van der Waals surface area contributed by atoms with Crippen LogP contribution < -0.4 is 5.32 Å². The fourth-order valence-corrected chi connectivity index (χ4v) is 3.54. The molecule has 3 heteroatoms. The first-order valence-corrected chi connectivity index (χ1v) is 7.65. The van der Waals surface area contributed by atoms with Gasteiger partial charge in [0.1, 0.15) is 0 Å². The van der Waals surface area contributed by atoms with E-state index in [2.05, 4.69) is 59.9 Å². The molecule has 1 aliphatic rings. The topological polar surface area (TPSA) is 20.2 Å². The predicted molar refractivity (Wildman–Crippen MR) is 85.4 cm³/mol. The maximum atomic E-state index is 3.43. The highest BCUT2D eigenvalue weighted by atomic mass is 15.2. The molecule has 1 unspecified atom stereocenters. The first-order chi connectivity index (χ1) is 9.68. The van der Waals surface area contributed by atoms with Crippen molar-refractivity contribution in [1.82, 2.24) is 14.8 Å². The van der Waals surface area contributed by atoms with E-state index in [9.17, 15) is 0 Å². The molecule has 0 saturated carbocycles. The molecule has 0 radical (unpaired) electrons. The third-order valence-electron chi connectivity index (χ3n) is 4.68. The maximum Gasteiger partial charge on any atom is 0.0482 e. The van der Waals surface area contributed by atoms with Gasteiger partial charge in [-0.05, 0) is 24.5 Å². The predicted octanol–water partition coefficient (Wildman–Crippen LogP) is 2.50. The quantitative estimate of drug-likeness (QED) is 0.925. The molecule has 1 fully saturated rings. The number of aryl methyl sites for hydroxylation is 1. The molecule has 3 rings (SSSR count). The third kappa shape index (κ3) is 2.36. The summed E-state index contributed by atoms with van der Waals surface area (Å²) in [5.74, 6) is 0.583. The Bertz CT molecular complexity index is 594. The van der Waals surface area contributed by atoms with E-state index >= 15 is 0 Å². The van der Waals surface area contributed by atoms with E-state index in [0.29, 0.717) is 5.92 Å². The van der Waals surface area contributed by atoms with Crippen LogP contribution in [0.15, 0.2) is 24.3 Å². The first kappa shape index (κ1) is 13.7. The van der Waals surface area contributed by atoms with Gasteiger partial charge in [0.2, 0.25) is 0 Å². The van der Waals surface area contributed by atoms with Gasteiger partial charge in [0.25, 0.3) is 0 Å². The van der Waals surface area contributed by atoms with Crippen molar-refractivity contribution in [2.24, 2.45) is 7.05 Å². The smallest absolute Gasteiger partial charge is 0.0482 e. The van der Waals surface area contributed by atoms with Crippen molar-refractivity contribution in [2.75, 3.05) is 32.7 Å². The van der Waals surface area contributed by atoms with Crippen LogP contribution in [0.2, 0.25) is 0 Å². The molecule has 1 N–H and O–H groups in total. The molecule has 3 nitrogen and oxygen atoms in total. The van der Waals surface area contributed by atoms with Crippen LogP contribution in [-0.2, 0) is 7.05 Å². The Morgan fingerprint density at radius 3 is 2.65 bits per heavy atom. The van der Waals surface area contributed by atoms with Crippen LogP contribution in [-0.4, -0.2) is 42.2 Å². The molecular weight excluding hydrogens is 246 g/mol. The number of fused-ring (bicyclic) bond motifs is 1. The fraction of sp³-hybridized carbons (Fsp3) is 0.529. The fourth-order valence-electron chi connectivity index (χ4n) is 3.54. The van der Waals surface area contributed by atoms with E-state index in [1.807, 2.05) is 0 Å². The van der Waals surface area contributed by atoms with Crippen molar-refractivity contribution in [1.29, 1.82) is 0 Å². The lowest BCUT2D eigenvalue weighted by atomic mass is 9.97. The summed E-state index contributed by atoms with van der Waals surface area (Å²) in [7, 11) is 2.18. The molecule has 0 amide bonds. The maximum absolute atomic E-state index is 3.43. The summed E-state index contributed by atoms with van der Waals surface area (Å²) in [5, 5.41) is 4.85. The Morgan fingerprint density at radius 1 is 1.20 bits per heavy atom. The van der Waals surface area contributed by atoms with Crippen LogP contribution in [0.5, 0.6) is 0 Å². The van der Waals surface area contributed by atoms with Gasteiger partial charge in [-0.2, -0.15) is 0 Å². The van der Waals surface area contributed by atoms with Crippen LogP contribution in [0.1, 0.15) is 24.1 Å². The molecular formula is C17H25N3. The summed E-state index contributed by atoms with van der Waals surface area (Å²) in [6.07, 6.45) is 0. The van der Waals surface area contributed by atoms with Gasteiger partial charge in [-0.15, -0.1) is 0 Å². The number of para-hydroxylation sites is 1. The third-order valence-corrected chi connectivity index (χ3v) is 4.68. The largest absolute Gasteiger partial charge is 0.348 e. The van der Waals surface area contributed by atoms with E-state index in [0.717, 1.165) is 19.6 Å². The van der Waals surface area contributed by atoms with E-state index in [1.54, 1.807) is 0 Å². The summed E-state index contributed by atoms with van der Waals surface area (Å²) in [6.45, 7) is 10.4. The van der Waals surface area contributed by atoms with Crippen molar-refractivity contribution in [3.05, 3.63) is 35.5 Å². The summed E-state index contributed by atoms with van der Waals surface area (Å²) in [5.41, 5.74) is 4.29. The van der Waals surface area contributed by atoms with Crippen molar-refractivity contribution >= 4 is 10.9 Å². The molecule has 20 heavy (non-hydrogen) atoms. The zero-order valence-corrected chi connectivity index (χ0v) is 12.8. The average Bonchev–Trinajstić information content (AvgIpc) is 2.72. The minimum atomic E-state index is 0.583. The molecule has 0 spiro atoms. The number of aromatic nitrogens is 1. The van der Waals surface area contributed by atoms with E-state index in [1.165, 1.54) is 35.2 Å². The second-order valence-electron chi connectivity index (χ2n) is 6.03. The van der Waals surface area contributed by atoms with E-state index < -0.39 is 0 Å². The zero-order valence-electron chi connectivity index (χ0n) is 12.8. The van der Waals surface area contributed by atoms with Gasteiger partial charge in [0.05, 0.1) is 0 Å². The van der Waals surface area contributed by atoms with Gasteiger partial charge in [0, 0.05) is 56.4 Å². The Labute approximate surface area is 121 Å². The second kappa shape index (κ2) is 5.58. The molecule has 108 valence electrons. The Balaban J connectivity index is 1.90. The normalized spacial score (nSPS) is 18.6. The summed E-state index contributed by atoms with van der Waals surface area (Å²) >= 11 is 0. The molecule has 1 aromatic heterocycles. The Morgan fingerprint density at radius 2 is 1.90 bits per heavy atom. The van der Waals surface area contributed by atoms with Crippen molar-refractivity contribution in [3.63, 3.8) is 0 Å². The van der Waals surface area contributed by atoms with Gasteiger partial charge in [-0.3, -0.25) is 0 Å². The molecule has 1 atom stereocenters. The lowest BCUT2D eigenvalue weighted by molar-refractivity contribution is 0.230. The van der Waals surface area contributed by atoms with Crippen LogP contribution in [0.25, 0.3) is 10.9 Å². The van der Waals surface area contributed by atoms with E-state index in [4.69, 9.17) is 0 Å². The minimum absolute atomic E-state index is 0.583. The van der Waals surface area contributed by atoms with Crippen LogP contribution in [0.4, 0.5) is 0 Å². The lowest BCUT2D eigenvalue weighted by Gasteiger charge is -2.30. The summed E-state index contributed by atoms with van der Waals surface area (Å²) < 4.78 is 2.33. The SMILES string of the molecule is Cc1c(C(C)CN2CCNCC2)c2ccccc2n1C. The molecule has 1 saturated heterocycles. The van der Waals surface area contributed by atoms with Crippen LogP contribution in [0, 0.1) is 6.92 Å². The number of nitrogens with zero attached hydrogens (tertiary/aromatic N) is 2. The van der Waals surface area contributed by atoms with Gasteiger partial charge >= 0.3 is 0 Å². The van der Waals surface area contributed by atoms with Crippen LogP contribution >= 0.6 is 0 Å². The number of benzene rings is 1. The first-order valence-electron chi connectivity index (χ1n) is 7.65. The highest BCUT2D eigenvalue weighted by Gasteiger charge is 2.20. The number of nitrogens with one attached hydrogen (secondary N) is 1. The Hall–Kier alpha value is -1.32. The van der Waals surface area contributed by atoms with Gasteiger partial charge in [-0.25, -0.2) is 0 Å². The molecule has 0 aliphatic carbocycles. The number of rotatable bonds is 3. The summed E-state index contributed by atoms with van der Waals surface area (Å²) in [6, 6.07) is 8.78. The molecule has 1 aromatic carbocycles. The molecule has 2 heterocycles. The number of hydrogen-bond donors (Lipinski definition) is 1. The van der Waals surface area contributed by atoms with Gasteiger partial charge in [-0.1, -0.05) is 25.1 Å². The zero-order chi connectivity index (χ0) is 14.1. The Kier molecular flexibility index (Phi) is 3.81. The van der Waals surface area contributed by atoms with Crippen molar-refractivity contribution < 1.29 is 0 Å². The van der Waals surface area contributed by atoms with E-state index in [-0.39, 0.29) is 0 Å². The molecule has 0 bridgehead atoms. The number of piperazine rings is 1. The minimum Gasteiger partial charge on any atom is -0.348 e. The van der Waals surface area contributed by atoms with Crippen molar-refractivity contribution in [3.8, 4) is 0 Å². The average molecular weight is 271 g/mol. The molecule has 2 aromatic rings.